The highest BCUT2D eigenvalue weighted by molar-refractivity contribution is 7.91. The third-order valence-corrected chi connectivity index (χ3v) is 6.11. The van der Waals surface area contributed by atoms with Gasteiger partial charge in [0.15, 0.2) is 0 Å². The Bertz CT molecular complexity index is 536. The van der Waals surface area contributed by atoms with Gasteiger partial charge in [0.05, 0.1) is 6.04 Å². The average Bonchev–Trinajstić information content (AvgIpc) is 3.08. The Balaban J connectivity index is 1.84. The summed E-state index contributed by atoms with van der Waals surface area (Å²) in [6.07, 6.45) is 2.15. The summed E-state index contributed by atoms with van der Waals surface area (Å²) in [7, 11) is -3.61. The second-order valence-corrected chi connectivity index (χ2v) is 7.70. The molecule has 2 unspecified atom stereocenters. The topological polar surface area (TPSA) is 87.3 Å². The molecule has 0 aromatic carbocycles. The molecule has 2 atom stereocenters. The van der Waals surface area contributed by atoms with Crippen molar-refractivity contribution in [3.63, 3.8) is 0 Å². The quantitative estimate of drug-likeness (QED) is 0.703. The van der Waals surface area contributed by atoms with Crippen LogP contribution in [0.2, 0.25) is 0 Å². The minimum absolute atomic E-state index is 0.217. The zero-order valence-electron chi connectivity index (χ0n) is 11.3. The number of hydrogen-bond acceptors (Lipinski definition) is 5. The molecule has 6 nitrogen and oxygen atoms in total. The van der Waals surface area contributed by atoms with Gasteiger partial charge in [-0.25, -0.2) is 8.42 Å². The maximum atomic E-state index is 12.0. The Labute approximate surface area is 123 Å². The molecular weight excluding hydrogens is 298 g/mol. The van der Waals surface area contributed by atoms with Crippen LogP contribution in [0.1, 0.15) is 19.8 Å². The van der Waals surface area contributed by atoms with Gasteiger partial charge in [-0.15, -0.1) is 11.3 Å². The lowest BCUT2D eigenvalue weighted by molar-refractivity contribution is -0.122. The molecule has 3 N–H and O–H groups in total. The molecule has 0 saturated carbocycles. The molecule has 0 bridgehead atoms. The van der Waals surface area contributed by atoms with Crippen LogP contribution in [0.3, 0.4) is 0 Å². The molecule has 1 amide bonds. The number of carbonyl (C=O) groups excluding carboxylic acids is 1. The summed E-state index contributed by atoms with van der Waals surface area (Å²) in [6, 6.07) is 2.68. The van der Waals surface area contributed by atoms with Crippen LogP contribution in [0.5, 0.6) is 0 Å². The summed E-state index contributed by atoms with van der Waals surface area (Å²) < 4.78 is 26.6. The molecule has 1 aromatic rings. The van der Waals surface area contributed by atoms with Crippen molar-refractivity contribution >= 4 is 27.3 Å². The SMILES string of the molecule is CC(NS(=O)(=O)c1cccs1)C(=O)NCC1CCCN1. The van der Waals surface area contributed by atoms with Gasteiger partial charge >= 0.3 is 0 Å². The van der Waals surface area contributed by atoms with Crippen molar-refractivity contribution in [3.8, 4) is 0 Å². The summed E-state index contributed by atoms with van der Waals surface area (Å²) in [5, 5.41) is 7.72. The van der Waals surface area contributed by atoms with Crippen molar-refractivity contribution in [2.45, 2.75) is 36.1 Å². The van der Waals surface area contributed by atoms with E-state index in [0.717, 1.165) is 30.7 Å². The Morgan fingerprint density at radius 3 is 3.00 bits per heavy atom. The standard InChI is InChI=1S/C12H19N3O3S2/c1-9(12(16)14-8-10-4-2-6-13-10)15-20(17,18)11-5-3-7-19-11/h3,5,7,9-10,13,15H,2,4,6,8H2,1H3,(H,14,16). The van der Waals surface area contributed by atoms with Crippen LogP contribution in [0.25, 0.3) is 0 Å². The van der Waals surface area contributed by atoms with Crippen LogP contribution in [-0.4, -0.2) is 39.5 Å². The summed E-state index contributed by atoms with van der Waals surface area (Å²) in [5.41, 5.74) is 0. The first kappa shape index (κ1) is 15.4. The Hall–Kier alpha value is -0.960. The second-order valence-electron chi connectivity index (χ2n) is 4.81. The lowest BCUT2D eigenvalue weighted by Crippen LogP contribution is -2.47. The fourth-order valence-corrected chi connectivity index (χ4v) is 4.28. The van der Waals surface area contributed by atoms with Gasteiger partial charge in [-0.2, -0.15) is 4.72 Å². The normalized spacial score (nSPS) is 20.8. The fraction of sp³-hybridized carbons (Fsp3) is 0.583. The number of amides is 1. The molecule has 2 rings (SSSR count). The number of hydrogen-bond donors (Lipinski definition) is 3. The zero-order valence-corrected chi connectivity index (χ0v) is 12.9. The first-order valence-corrected chi connectivity index (χ1v) is 8.92. The lowest BCUT2D eigenvalue weighted by Gasteiger charge is -2.16. The molecule has 20 heavy (non-hydrogen) atoms. The smallest absolute Gasteiger partial charge is 0.250 e. The van der Waals surface area contributed by atoms with Crippen LogP contribution in [-0.2, 0) is 14.8 Å². The third-order valence-electron chi connectivity index (χ3n) is 3.17. The van der Waals surface area contributed by atoms with Gasteiger partial charge in [0, 0.05) is 12.6 Å². The van der Waals surface area contributed by atoms with E-state index in [1.165, 1.54) is 6.07 Å². The van der Waals surface area contributed by atoms with Gasteiger partial charge < -0.3 is 10.6 Å². The summed E-state index contributed by atoms with van der Waals surface area (Å²) in [6.45, 7) is 3.05. The Morgan fingerprint density at radius 2 is 2.40 bits per heavy atom. The molecule has 1 aliphatic heterocycles. The van der Waals surface area contributed by atoms with Crippen LogP contribution in [0.4, 0.5) is 0 Å². The molecule has 1 fully saturated rings. The van der Waals surface area contributed by atoms with Crippen molar-refractivity contribution in [2.75, 3.05) is 13.1 Å². The van der Waals surface area contributed by atoms with Crippen LogP contribution >= 0.6 is 11.3 Å². The van der Waals surface area contributed by atoms with Crippen LogP contribution in [0, 0.1) is 0 Å². The second kappa shape index (κ2) is 6.66. The van der Waals surface area contributed by atoms with E-state index in [0.29, 0.717) is 12.6 Å². The van der Waals surface area contributed by atoms with E-state index in [2.05, 4.69) is 15.4 Å². The molecule has 0 spiro atoms. The molecule has 1 aliphatic rings. The number of nitrogens with one attached hydrogen (secondary N) is 3. The fourth-order valence-electron chi connectivity index (χ4n) is 2.07. The minimum Gasteiger partial charge on any atom is -0.353 e. The van der Waals surface area contributed by atoms with E-state index >= 15 is 0 Å². The molecule has 0 aliphatic carbocycles. The average molecular weight is 317 g/mol. The van der Waals surface area contributed by atoms with Gasteiger partial charge in [0.2, 0.25) is 5.91 Å². The molecule has 2 heterocycles. The van der Waals surface area contributed by atoms with E-state index < -0.39 is 16.1 Å². The maximum Gasteiger partial charge on any atom is 0.250 e. The molecule has 0 radical (unpaired) electrons. The maximum absolute atomic E-state index is 12.0. The summed E-state index contributed by atoms with van der Waals surface area (Å²) >= 11 is 1.13. The highest BCUT2D eigenvalue weighted by Crippen LogP contribution is 2.15. The first-order valence-electron chi connectivity index (χ1n) is 6.56. The molecule has 112 valence electrons. The zero-order chi connectivity index (χ0) is 14.6. The van der Waals surface area contributed by atoms with Crippen molar-refractivity contribution < 1.29 is 13.2 Å². The molecular formula is C12H19N3O3S2. The van der Waals surface area contributed by atoms with E-state index in [-0.39, 0.29) is 10.1 Å². The Kier molecular flexibility index (Phi) is 5.14. The first-order chi connectivity index (χ1) is 9.49. The van der Waals surface area contributed by atoms with E-state index in [1.54, 1.807) is 18.4 Å². The predicted molar refractivity (Wildman–Crippen MR) is 78.1 cm³/mol. The Morgan fingerprint density at radius 1 is 1.60 bits per heavy atom. The molecule has 8 heteroatoms. The molecule has 1 saturated heterocycles. The van der Waals surface area contributed by atoms with Crippen molar-refractivity contribution in [1.29, 1.82) is 0 Å². The summed E-state index contributed by atoms with van der Waals surface area (Å²) in [5.74, 6) is -0.307. The van der Waals surface area contributed by atoms with Crippen LogP contribution < -0.4 is 15.4 Å². The van der Waals surface area contributed by atoms with Gasteiger partial charge in [-0.05, 0) is 37.8 Å². The lowest BCUT2D eigenvalue weighted by atomic mass is 10.2. The van der Waals surface area contributed by atoms with Crippen molar-refractivity contribution in [1.82, 2.24) is 15.4 Å². The number of thiophene rings is 1. The van der Waals surface area contributed by atoms with Gasteiger partial charge in [0.1, 0.15) is 4.21 Å². The highest BCUT2D eigenvalue weighted by atomic mass is 32.2. The monoisotopic (exact) mass is 317 g/mol. The van der Waals surface area contributed by atoms with Crippen molar-refractivity contribution in [3.05, 3.63) is 17.5 Å². The van der Waals surface area contributed by atoms with Gasteiger partial charge in [0.25, 0.3) is 10.0 Å². The summed E-state index contributed by atoms with van der Waals surface area (Å²) in [4.78, 5) is 11.9. The van der Waals surface area contributed by atoms with E-state index in [9.17, 15) is 13.2 Å². The van der Waals surface area contributed by atoms with Gasteiger partial charge in [-0.1, -0.05) is 6.07 Å². The third kappa shape index (κ3) is 4.02. The number of carbonyl (C=O) groups is 1. The van der Waals surface area contributed by atoms with E-state index in [1.807, 2.05) is 0 Å². The minimum atomic E-state index is -3.61. The number of sulfonamides is 1. The largest absolute Gasteiger partial charge is 0.353 e. The van der Waals surface area contributed by atoms with Crippen molar-refractivity contribution in [2.24, 2.45) is 0 Å². The van der Waals surface area contributed by atoms with Gasteiger partial charge in [-0.3, -0.25) is 4.79 Å². The predicted octanol–water partition coefficient (Wildman–Crippen LogP) is 0.283. The van der Waals surface area contributed by atoms with Crippen LogP contribution in [0.15, 0.2) is 21.7 Å². The highest BCUT2D eigenvalue weighted by Gasteiger charge is 2.23. The van der Waals surface area contributed by atoms with E-state index in [4.69, 9.17) is 0 Å². The number of rotatable bonds is 6. The molecule has 1 aromatic heterocycles.